The molecule has 0 spiro atoms. The summed E-state index contributed by atoms with van der Waals surface area (Å²) in [7, 11) is 0. The smallest absolute Gasteiger partial charge is 0.142 e. The minimum Gasteiger partial charge on any atom is -0.205 e. The second-order valence-electron chi connectivity index (χ2n) is 3.68. The van der Waals surface area contributed by atoms with Crippen LogP contribution in [0, 0.1) is 5.82 Å². The van der Waals surface area contributed by atoms with Gasteiger partial charge in [-0.2, -0.15) is 0 Å². The van der Waals surface area contributed by atoms with E-state index < -0.39 is 5.38 Å². The van der Waals surface area contributed by atoms with Crippen LogP contribution in [0.4, 0.5) is 4.39 Å². The Balaban J connectivity index is 2.44. The van der Waals surface area contributed by atoms with Gasteiger partial charge in [0.25, 0.3) is 0 Å². The highest BCUT2D eigenvalue weighted by Gasteiger charge is 2.17. The fraction of sp³-hybridized carbons (Fsp3) is 0.0769. The van der Waals surface area contributed by atoms with Crippen molar-refractivity contribution in [1.82, 2.24) is 0 Å². The minimum absolute atomic E-state index is 0.372. The van der Waals surface area contributed by atoms with Gasteiger partial charge >= 0.3 is 0 Å². The van der Waals surface area contributed by atoms with Gasteiger partial charge in [0.2, 0.25) is 0 Å². The average molecular weight is 368 g/mol. The molecule has 0 radical (unpaired) electrons. The fourth-order valence-corrected chi connectivity index (χ4v) is 2.56. The van der Waals surface area contributed by atoms with Crippen molar-refractivity contribution in [1.29, 1.82) is 0 Å². The Labute approximate surface area is 128 Å². The summed E-state index contributed by atoms with van der Waals surface area (Å²) in [4.78, 5) is 0. The maximum atomic E-state index is 13.9. The van der Waals surface area contributed by atoms with Gasteiger partial charge in [0.15, 0.2) is 0 Å². The molecule has 0 N–H and O–H groups in total. The minimum atomic E-state index is -0.614. The van der Waals surface area contributed by atoms with E-state index in [1.807, 2.05) is 0 Å². The highest BCUT2D eigenvalue weighted by molar-refractivity contribution is 9.10. The summed E-state index contributed by atoms with van der Waals surface area (Å²) in [5.74, 6) is -0.372. The van der Waals surface area contributed by atoms with Crippen molar-refractivity contribution >= 4 is 50.7 Å². The van der Waals surface area contributed by atoms with Crippen molar-refractivity contribution in [3.8, 4) is 0 Å². The lowest BCUT2D eigenvalue weighted by molar-refractivity contribution is 0.605. The predicted octanol–water partition coefficient (Wildman–Crippen LogP) is 6.22. The molecule has 0 aromatic heterocycles. The van der Waals surface area contributed by atoms with Crippen LogP contribution in [0.5, 0.6) is 0 Å². The average Bonchev–Trinajstić information content (AvgIpc) is 2.35. The second-order valence-corrected chi connectivity index (χ2v) is 5.78. The lowest BCUT2D eigenvalue weighted by Crippen LogP contribution is -1.97. The number of halogens is 5. The van der Waals surface area contributed by atoms with Crippen LogP contribution in [-0.4, -0.2) is 0 Å². The topological polar surface area (TPSA) is 0 Å². The molecule has 94 valence electrons. The normalized spacial score (nSPS) is 12.5. The summed E-state index contributed by atoms with van der Waals surface area (Å²) in [6.45, 7) is 0. The summed E-state index contributed by atoms with van der Waals surface area (Å²) < 4.78 is 14.3. The number of benzene rings is 2. The first-order chi connectivity index (χ1) is 8.50. The van der Waals surface area contributed by atoms with Crippen molar-refractivity contribution in [2.75, 3.05) is 0 Å². The number of hydrogen-bond donors (Lipinski definition) is 0. The Bertz CT molecular complexity index is 586. The Morgan fingerprint density at radius 3 is 2.44 bits per heavy atom. The molecule has 1 unspecified atom stereocenters. The van der Waals surface area contributed by atoms with Gasteiger partial charge in [-0.1, -0.05) is 41.4 Å². The molecule has 1 atom stereocenters. The Morgan fingerprint density at radius 2 is 1.78 bits per heavy atom. The lowest BCUT2D eigenvalue weighted by Gasteiger charge is -2.13. The third-order valence-electron chi connectivity index (χ3n) is 2.49. The van der Waals surface area contributed by atoms with E-state index in [1.165, 1.54) is 0 Å². The lowest BCUT2D eigenvalue weighted by atomic mass is 10.0. The molecule has 0 saturated carbocycles. The molecule has 18 heavy (non-hydrogen) atoms. The fourth-order valence-electron chi connectivity index (χ4n) is 1.57. The monoisotopic (exact) mass is 366 g/mol. The van der Waals surface area contributed by atoms with Crippen molar-refractivity contribution < 1.29 is 4.39 Å². The van der Waals surface area contributed by atoms with Crippen LogP contribution < -0.4 is 0 Å². The van der Waals surface area contributed by atoms with E-state index in [2.05, 4.69) is 15.9 Å². The molecule has 0 aliphatic heterocycles. The zero-order chi connectivity index (χ0) is 13.3. The molecule has 0 amide bonds. The molecule has 0 fully saturated rings. The van der Waals surface area contributed by atoms with Crippen molar-refractivity contribution in [3.63, 3.8) is 0 Å². The third-order valence-corrected chi connectivity index (χ3v) is 4.33. The van der Waals surface area contributed by atoms with Crippen LogP contribution in [0.2, 0.25) is 10.0 Å². The molecule has 2 rings (SSSR count). The zero-order valence-corrected chi connectivity index (χ0v) is 12.8. The van der Waals surface area contributed by atoms with Crippen LogP contribution in [-0.2, 0) is 0 Å². The predicted molar refractivity (Wildman–Crippen MR) is 78.3 cm³/mol. The molecular formula is C13H7BrCl3F. The summed E-state index contributed by atoms with van der Waals surface area (Å²) in [6.07, 6.45) is 0. The summed E-state index contributed by atoms with van der Waals surface area (Å²) in [5, 5.41) is 0.228. The van der Waals surface area contributed by atoms with Gasteiger partial charge in [0, 0.05) is 5.56 Å². The van der Waals surface area contributed by atoms with Gasteiger partial charge in [-0.15, -0.1) is 11.6 Å². The van der Waals surface area contributed by atoms with Crippen molar-refractivity contribution in [3.05, 3.63) is 67.9 Å². The van der Waals surface area contributed by atoms with E-state index in [0.29, 0.717) is 25.6 Å². The molecule has 5 heteroatoms. The summed E-state index contributed by atoms with van der Waals surface area (Å²) in [6, 6.07) is 10.0. The molecular weight excluding hydrogens is 361 g/mol. The van der Waals surface area contributed by atoms with Gasteiger partial charge in [-0.05, 0) is 39.7 Å². The highest BCUT2D eigenvalue weighted by atomic mass is 79.9. The Kier molecular flexibility index (Phi) is 4.54. The Morgan fingerprint density at radius 1 is 1.06 bits per heavy atom. The van der Waals surface area contributed by atoms with Gasteiger partial charge in [0.05, 0.1) is 19.9 Å². The van der Waals surface area contributed by atoms with Gasteiger partial charge in [-0.25, -0.2) is 4.39 Å². The van der Waals surface area contributed by atoms with Gasteiger partial charge in [0.1, 0.15) is 5.82 Å². The van der Waals surface area contributed by atoms with E-state index in [-0.39, 0.29) is 5.82 Å². The second kappa shape index (κ2) is 5.79. The van der Waals surface area contributed by atoms with Crippen molar-refractivity contribution in [2.24, 2.45) is 0 Å². The van der Waals surface area contributed by atoms with E-state index >= 15 is 0 Å². The molecule has 0 nitrogen and oxygen atoms in total. The molecule has 0 aliphatic carbocycles. The molecule has 0 bridgehead atoms. The van der Waals surface area contributed by atoms with Crippen LogP contribution in [0.15, 0.2) is 40.9 Å². The maximum Gasteiger partial charge on any atom is 0.142 e. The summed E-state index contributed by atoms with van der Waals surface area (Å²) in [5.41, 5.74) is 1.09. The number of alkyl halides is 1. The number of rotatable bonds is 2. The molecule has 0 saturated heterocycles. The van der Waals surface area contributed by atoms with Crippen LogP contribution >= 0.6 is 50.7 Å². The number of hydrogen-bond acceptors (Lipinski definition) is 0. The Hall–Kier alpha value is -0.280. The first kappa shape index (κ1) is 14.1. The van der Waals surface area contributed by atoms with E-state index in [0.717, 1.165) is 0 Å². The van der Waals surface area contributed by atoms with Crippen LogP contribution in [0.3, 0.4) is 0 Å². The van der Waals surface area contributed by atoms with E-state index in [4.69, 9.17) is 34.8 Å². The standard InChI is InChI=1S/C13H7BrCl3F/c14-9-3-1-2-8(13(9)18)12(17)7-4-5-10(15)11(16)6-7/h1-6,12H. The first-order valence-electron chi connectivity index (χ1n) is 5.03. The van der Waals surface area contributed by atoms with Crippen LogP contribution in [0.25, 0.3) is 0 Å². The zero-order valence-electron chi connectivity index (χ0n) is 8.93. The maximum absolute atomic E-state index is 13.9. The molecule has 2 aromatic carbocycles. The van der Waals surface area contributed by atoms with Gasteiger partial charge in [-0.3, -0.25) is 0 Å². The van der Waals surface area contributed by atoms with Crippen molar-refractivity contribution in [2.45, 2.75) is 5.38 Å². The largest absolute Gasteiger partial charge is 0.205 e. The molecule has 0 aliphatic rings. The highest BCUT2D eigenvalue weighted by Crippen LogP contribution is 2.35. The molecule has 0 heterocycles. The molecule has 2 aromatic rings. The SMILES string of the molecule is Fc1c(Br)cccc1C(Cl)c1ccc(Cl)c(Cl)c1. The van der Waals surface area contributed by atoms with Gasteiger partial charge < -0.3 is 0 Å². The first-order valence-corrected chi connectivity index (χ1v) is 7.02. The summed E-state index contributed by atoms with van der Waals surface area (Å²) >= 11 is 21.2. The van der Waals surface area contributed by atoms with Crippen LogP contribution in [0.1, 0.15) is 16.5 Å². The van der Waals surface area contributed by atoms with E-state index in [9.17, 15) is 4.39 Å². The third kappa shape index (κ3) is 2.83. The quantitative estimate of drug-likeness (QED) is 0.552. The van der Waals surface area contributed by atoms with E-state index in [1.54, 1.807) is 36.4 Å².